The molecule has 0 saturated carbocycles. The molecule has 1 nitrogen and oxygen atoms in total. The Morgan fingerprint density at radius 3 is 2.67 bits per heavy atom. The molecule has 0 radical (unpaired) electrons. The Morgan fingerprint density at radius 1 is 1.50 bits per heavy atom. The Bertz CT molecular complexity index is 156. The third kappa shape index (κ3) is 6.14. The lowest BCUT2D eigenvalue weighted by Gasteiger charge is -2.07. The highest BCUT2D eigenvalue weighted by Crippen LogP contribution is 2.13. The topological polar surface area (TPSA) is 12.4 Å². The summed E-state index contributed by atoms with van der Waals surface area (Å²) in [4.78, 5) is 3.94. The normalized spacial score (nSPS) is 15.5. The summed E-state index contributed by atoms with van der Waals surface area (Å²) in [6.45, 7) is 6.74. The average Bonchev–Trinajstić information content (AvgIpc) is 2.05. The first-order valence-corrected chi connectivity index (χ1v) is 4.77. The van der Waals surface area contributed by atoms with Crippen LogP contribution in [0, 0.1) is 5.92 Å². The molecule has 0 rings (SSSR count). The van der Waals surface area contributed by atoms with Crippen LogP contribution in [0.1, 0.15) is 40.0 Å². The van der Waals surface area contributed by atoms with Gasteiger partial charge in [0.05, 0.1) is 0 Å². The van der Waals surface area contributed by atoms with Crippen LogP contribution in [0.25, 0.3) is 0 Å². The molecule has 1 unspecified atom stereocenters. The van der Waals surface area contributed by atoms with Gasteiger partial charge in [-0.15, -0.1) is 0 Å². The van der Waals surface area contributed by atoms with E-state index in [9.17, 15) is 0 Å². The van der Waals surface area contributed by atoms with Gasteiger partial charge < -0.3 is 4.99 Å². The third-order valence-electron chi connectivity index (χ3n) is 2.12. The molecule has 1 atom stereocenters. The van der Waals surface area contributed by atoms with Crippen LogP contribution in [0.5, 0.6) is 0 Å². The summed E-state index contributed by atoms with van der Waals surface area (Å²) in [5.41, 5.74) is 1.49. The molecule has 0 aliphatic rings. The van der Waals surface area contributed by atoms with Gasteiger partial charge in [0, 0.05) is 19.7 Å². The van der Waals surface area contributed by atoms with Gasteiger partial charge in [-0.05, 0) is 19.3 Å². The predicted molar refractivity (Wildman–Crippen MR) is 56.9 cm³/mol. The van der Waals surface area contributed by atoms with Crippen molar-refractivity contribution in [1.29, 1.82) is 0 Å². The van der Waals surface area contributed by atoms with Gasteiger partial charge in [-0.1, -0.05) is 31.9 Å². The fourth-order valence-corrected chi connectivity index (χ4v) is 1.14. The molecule has 0 bridgehead atoms. The smallest absolute Gasteiger partial charge is 0.0273 e. The largest absolute Gasteiger partial charge is 0.301 e. The summed E-state index contributed by atoms with van der Waals surface area (Å²) < 4.78 is 0. The Hall–Kier alpha value is -0.590. The van der Waals surface area contributed by atoms with Gasteiger partial charge in [0.2, 0.25) is 0 Å². The van der Waals surface area contributed by atoms with Crippen LogP contribution in [0.2, 0.25) is 0 Å². The van der Waals surface area contributed by atoms with E-state index in [-0.39, 0.29) is 0 Å². The summed E-state index contributed by atoms with van der Waals surface area (Å²) in [5.74, 6) is 0.819. The monoisotopic (exact) mass is 167 g/mol. The van der Waals surface area contributed by atoms with Crippen molar-refractivity contribution in [1.82, 2.24) is 0 Å². The maximum absolute atomic E-state index is 3.94. The van der Waals surface area contributed by atoms with Crippen molar-refractivity contribution in [3.63, 3.8) is 0 Å². The summed E-state index contributed by atoms with van der Waals surface area (Å²) in [7, 11) is 1.82. The number of hydrogen-bond acceptors (Lipinski definition) is 1. The van der Waals surface area contributed by atoms with Crippen molar-refractivity contribution in [2.45, 2.75) is 40.0 Å². The van der Waals surface area contributed by atoms with Gasteiger partial charge in [0.1, 0.15) is 0 Å². The van der Waals surface area contributed by atoms with E-state index in [1.54, 1.807) is 0 Å². The van der Waals surface area contributed by atoms with E-state index in [1.165, 1.54) is 18.4 Å². The second-order valence-corrected chi connectivity index (χ2v) is 3.44. The highest BCUT2D eigenvalue weighted by atomic mass is 14.6. The van der Waals surface area contributed by atoms with Gasteiger partial charge >= 0.3 is 0 Å². The lowest BCUT2D eigenvalue weighted by Crippen LogP contribution is -1.92. The molecule has 0 aromatic rings. The molecule has 1 heteroatoms. The van der Waals surface area contributed by atoms with Crippen LogP contribution in [0.15, 0.2) is 16.6 Å². The zero-order chi connectivity index (χ0) is 9.40. The number of aliphatic imine (C=N–C) groups is 1. The number of allylic oxidation sites excluding steroid dienone is 2. The van der Waals surface area contributed by atoms with Gasteiger partial charge in [-0.3, -0.25) is 0 Å². The number of hydrogen-bond donors (Lipinski definition) is 0. The Balaban J connectivity index is 3.69. The van der Waals surface area contributed by atoms with E-state index in [1.807, 2.05) is 13.3 Å². The van der Waals surface area contributed by atoms with Crippen molar-refractivity contribution in [3.05, 3.63) is 11.6 Å². The lowest BCUT2D eigenvalue weighted by atomic mass is 9.99. The minimum absolute atomic E-state index is 0.819. The molecule has 0 N–H and O–H groups in total. The van der Waals surface area contributed by atoms with Crippen LogP contribution < -0.4 is 0 Å². The van der Waals surface area contributed by atoms with Gasteiger partial charge in [0.15, 0.2) is 0 Å². The van der Waals surface area contributed by atoms with Crippen LogP contribution >= 0.6 is 0 Å². The van der Waals surface area contributed by atoms with Crippen molar-refractivity contribution >= 4 is 6.21 Å². The Morgan fingerprint density at radius 2 is 2.17 bits per heavy atom. The fraction of sp³-hybridized carbons (Fsp3) is 0.727. The Kier molecular flexibility index (Phi) is 6.73. The van der Waals surface area contributed by atoms with Crippen LogP contribution in [-0.4, -0.2) is 13.3 Å². The summed E-state index contributed by atoms with van der Waals surface area (Å²) in [6, 6.07) is 0. The Labute approximate surface area is 76.6 Å². The second kappa shape index (κ2) is 7.08. The molecule has 0 saturated heterocycles. The quantitative estimate of drug-likeness (QED) is 0.439. The van der Waals surface area contributed by atoms with E-state index in [2.05, 4.69) is 31.8 Å². The van der Waals surface area contributed by atoms with Gasteiger partial charge in [0.25, 0.3) is 0 Å². The molecule has 0 amide bonds. The SMILES string of the molecule is CCC(C)C/C(C)=C\C/C=N/C. The molecule has 0 aliphatic heterocycles. The maximum atomic E-state index is 3.94. The summed E-state index contributed by atoms with van der Waals surface area (Å²) >= 11 is 0. The first-order valence-electron chi connectivity index (χ1n) is 4.77. The van der Waals surface area contributed by atoms with E-state index in [4.69, 9.17) is 0 Å². The zero-order valence-corrected chi connectivity index (χ0v) is 8.80. The molecule has 0 aromatic carbocycles. The minimum Gasteiger partial charge on any atom is -0.301 e. The molecule has 0 aliphatic carbocycles. The molecule has 0 aromatic heterocycles. The third-order valence-corrected chi connectivity index (χ3v) is 2.12. The summed E-state index contributed by atoms with van der Waals surface area (Å²) in [5, 5.41) is 0. The van der Waals surface area contributed by atoms with E-state index >= 15 is 0 Å². The minimum atomic E-state index is 0.819. The van der Waals surface area contributed by atoms with Crippen LogP contribution in [0.3, 0.4) is 0 Å². The zero-order valence-electron chi connectivity index (χ0n) is 8.80. The van der Waals surface area contributed by atoms with E-state index in [0.29, 0.717) is 0 Å². The second-order valence-electron chi connectivity index (χ2n) is 3.44. The van der Waals surface area contributed by atoms with Crippen molar-refractivity contribution < 1.29 is 0 Å². The lowest BCUT2D eigenvalue weighted by molar-refractivity contribution is 0.556. The molecule has 0 spiro atoms. The number of nitrogens with zero attached hydrogens (tertiary/aromatic N) is 1. The molecule has 70 valence electrons. The highest BCUT2D eigenvalue weighted by Gasteiger charge is 1.98. The van der Waals surface area contributed by atoms with Crippen LogP contribution in [-0.2, 0) is 0 Å². The van der Waals surface area contributed by atoms with Crippen molar-refractivity contribution in [3.8, 4) is 0 Å². The molecular weight excluding hydrogens is 146 g/mol. The standard InChI is InChI=1S/C11H21N/c1-5-10(2)9-11(3)7-6-8-12-4/h7-8,10H,5-6,9H2,1-4H3/b11-7-,12-8+. The molecule has 12 heavy (non-hydrogen) atoms. The van der Waals surface area contributed by atoms with Gasteiger partial charge in [-0.2, -0.15) is 0 Å². The number of rotatable bonds is 5. The summed E-state index contributed by atoms with van der Waals surface area (Å²) in [6.07, 6.45) is 7.69. The fourth-order valence-electron chi connectivity index (χ4n) is 1.14. The van der Waals surface area contributed by atoms with E-state index < -0.39 is 0 Å². The average molecular weight is 167 g/mol. The maximum Gasteiger partial charge on any atom is 0.0273 e. The highest BCUT2D eigenvalue weighted by molar-refractivity contribution is 5.59. The molecule has 0 heterocycles. The first-order chi connectivity index (χ1) is 5.70. The van der Waals surface area contributed by atoms with E-state index in [0.717, 1.165) is 12.3 Å². The van der Waals surface area contributed by atoms with Gasteiger partial charge in [-0.25, -0.2) is 0 Å². The molecular formula is C11H21N. The van der Waals surface area contributed by atoms with Crippen molar-refractivity contribution in [2.24, 2.45) is 10.9 Å². The van der Waals surface area contributed by atoms with Crippen LogP contribution in [0.4, 0.5) is 0 Å². The predicted octanol–water partition coefficient (Wildman–Crippen LogP) is 3.46. The first kappa shape index (κ1) is 11.4. The molecule has 0 fully saturated rings. The van der Waals surface area contributed by atoms with Crippen molar-refractivity contribution in [2.75, 3.05) is 7.05 Å².